The van der Waals surface area contributed by atoms with E-state index in [9.17, 15) is 12.8 Å². The summed E-state index contributed by atoms with van der Waals surface area (Å²) in [6.45, 7) is 9.04. The van der Waals surface area contributed by atoms with Gasteiger partial charge in [-0.25, -0.2) is 17.8 Å². The number of nitrogens with one attached hydrogen (secondary N) is 2. The minimum absolute atomic E-state index is 0. The summed E-state index contributed by atoms with van der Waals surface area (Å²) in [4.78, 5) is 7.03. The van der Waals surface area contributed by atoms with Crippen LogP contribution in [-0.4, -0.2) is 57.3 Å². The first kappa shape index (κ1) is 26.1. The number of sulfone groups is 1. The normalized spacial score (nSPS) is 14.8. The molecule has 1 fully saturated rings. The minimum atomic E-state index is -3.20. The van der Waals surface area contributed by atoms with Crippen molar-refractivity contribution in [1.29, 1.82) is 0 Å². The molecule has 2 N–H and O–H groups in total. The number of halogens is 2. The largest absolute Gasteiger partial charge is 0.357 e. The maximum absolute atomic E-state index is 13.7. The highest BCUT2D eigenvalue weighted by molar-refractivity contribution is 14.0. The Labute approximate surface area is 191 Å². The van der Waals surface area contributed by atoms with Crippen LogP contribution in [-0.2, 0) is 22.1 Å². The van der Waals surface area contributed by atoms with Gasteiger partial charge in [0.1, 0.15) is 5.82 Å². The van der Waals surface area contributed by atoms with Crippen molar-refractivity contribution in [1.82, 2.24) is 15.5 Å². The molecule has 0 amide bonds. The van der Waals surface area contributed by atoms with Gasteiger partial charge in [0.15, 0.2) is 15.8 Å². The number of aliphatic imine (C=N–C) groups is 1. The first-order chi connectivity index (χ1) is 13.2. The number of hydrogen-bond donors (Lipinski definition) is 2. The van der Waals surface area contributed by atoms with Crippen molar-refractivity contribution in [3.63, 3.8) is 0 Å². The average Bonchev–Trinajstić information content (AvgIpc) is 3.41. The summed E-state index contributed by atoms with van der Waals surface area (Å²) in [5.41, 5.74) is 1.17. The van der Waals surface area contributed by atoms with Crippen LogP contribution in [0.2, 0.25) is 0 Å². The number of guanidine groups is 1. The van der Waals surface area contributed by atoms with E-state index in [4.69, 9.17) is 0 Å². The molecule has 1 aromatic rings. The van der Waals surface area contributed by atoms with Gasteiger partial charge in [-0.3, -0.25) is 4.90 Å². The van der Waals surface area contributed by atoms with Crippen LogP contribution in [0.3, 0.4) is 0 Å². The summed E-state index contributed by atoms with van der Waals surface area (Å²) in [6, 6.07) is 5.39. The lowest BCUT2D eigenvalue weighted by atomic mass is 10.1. The summed E-state index contributed by atoms with van der Waals surface area (Å²) in [5, 5.41) is 6.52. The summed E-state index contributed by atoms with van der Waals surface area (Å²) in [5.74, 6) is 0.140. The molecule has 1 aromatic carbocycles. The lowest BCUT2D eigenvalue weighted by Gasteiger charge is -2.26. The molecule has 0 aromatic heterocycles. The minimum Gasteiger partial charge on any atom is -0.357 e. The third kappa shape index (κ3) is 9.61. The fourth-order valence-electron chi connectivity index (χ4n) is 3.24. The van der Waals surface area contributed by atoms with Crippen LogP contribution in [0.15, 0.2) is 23.2 Å². The Morgan fingerprint density at radius 2 is 1.97 bits per heavy atom. The molecular weight excluding hydrogens is 506 g/mol. The maximum Gasteiger partial charge on any atom is 0.191 e. The van der Waals surface area contributed by atoms with Crippen LogP contribution >= 0.6 is 24.0 Å². The molecule has 0 saturated heterocycles. The van der Waals surface area contributed by atoms with E-state index in [0.29, 0.717) is 35.7 Å². The van der Waals surface area contributed by atoms with E-state index >= 15 is 0 Å². The molecule has 29 heavy (non-hydrogen) atoms. The molecule has 1 aliphatic rings. The molecule has 0 spiro atoms. The van der Waals surface area contributed by atoms with Crippen molar-refractivity contribution < 1.29 is 12.8 Å². The van der Waals surface area contributed by atoms with Crippen molar-refractivity contribution in [3.05, 3.63) is 35.1 Å². The fraction of sp³-hybridized carbons (Fsp3) is 0.650. The quantitative estimate of drug-likeness (QED) is 0.271. The Morgan fingerprint density at radius 1 is 1.28 bits per heavy atom. The van der Waals surface area contributed by atoms with E-state index in [1.807, 2.05) is 6.92 Å². The molecular formula is C20H34FIN4O2S. The van der Waals surface area contributed by atoms with Crippen molar-refractivity contribution in [2.24, 2.45) is 4.99 Å². The summed E-state index contributed by atoms with van der Waals surface area (Å²) >= 11 is 0. The van der Waals surface area contributed by atoms with Crippen molar-refractivity contribution in [2.75, 3.05) is 25.9 Å². The Hall–Kier alpha value is -0.940. The highest BCUT2D eigenvalue weighted by atomic mass is 127. The lowest BCUT2D eigenvalue weighted by Crippen LogP contribution is -2.43. The van der Waals surface area contributed by atoms with E-state index in [0.717, 1.165) is 13.1 Å². The van der Waals surface area contributed by atoms with Crippen LogP contribution in [0.25, 0.3) is 0 Å². The summed E-state index contributed by atoms with van der Waals surface area (Å²) in [6.07, 6.45) is 3.72. The maximum atomic E-state index is 13.7. The third-order valence-electron chi connectivity index (χ3n) is 4.68. The summed E-state index contributed by atoms with van der Waals surface area (Å²) in [7, 11) is -3.20. The van der Waals surface area contributed by atoms with E-state index in [-0.39, 0.29) is 36.3 Å². The van der Waals surface area contributed by atoms with Crippen LogP contribution in [0, 0.1) is 5.82 Å². The highest BCUT2D eigenvalue weighted by Crippen LogP contribution is 2.27. The SMILES string of the molecule is CCNC(=NCc1cc(F)ccc1CS(C)(=O)=O)NCCN(C(C)C)C1CC1.I. The van der Waals surface area contributed by atoms with Crippen molar-refractivity contribution >= 4 is 39.8 Å². The Kier molecular flexibility index (Phi) is 10.8. The molecule has 0 aliphatic heterocycles. The van der Waals surface area contributed by atoms with Gasteiger partial charge in [-0.1, -0.05) is 6.07 Å². The molecule has 166 valence electrons. The van der Waals surface area contributed by atoms with Crippen molar-refractivity contribution in [2.45, 2.75) is 58.0 Å². The first-order valence-electron chi connectivity index (χ1n) is 9.92. The molecule has 0 atom stereocenters. The van der Waals surface area contributed by atoms with Gasteiger partial charge < -0.3 is 10.6 Å². The number of rotatable bonds is 10. The molecule has 0 heterocycles. The van der Waals surface area contributed by atoms with Crippen LogP contribution in [0.1, 0.15) is 44.7 Å². The molecule has 2 rings (SSSR count). The standard InChI is InChI=1S/C20H33FN4O2S.HI/c1-5-22-20(23-10-11-25(15(2)3)19-8-9-19)24-13-17-12-18(21)7-6-16(17)14-28(4,26)27;/h6-7,12,15,19H,5,8-11,13-14H2,1-4H3,(H2,22,23,24);1H. The van der Waals surface area contributed by atoms with E-state index in [2.05, 4.69) is 34.4 Å². The lowest BCUT2D eigenvalue weighted by molar-refractivity contribution is 0.215. The Balaban J connectivity index is 0.00000420. The van der Waals surface area contributed by atoms with Crippen LogP contribution < -0.4 is 10.6 Å². The predicted octanol–water partition coefficient (Wildman–Crippen LogP) is 2.92. The van der Waals surface area contributed by atoms with Gasteiger partial charge in [0.25, 0.3) is 0 Å². The zero-order valence-electron chi connectivity index (χ0n) is 17.7. The molecule has 0 unspecified atom stereocenters. The number of benzene rings is 1. The second-order valence-electron chi connectivity index (χ2n) is 7.67. The molecule has 9 heteroatoms. The Bertz CT molecular complexity index is 781. The van der Waals surface area contributed by atoms with E-state index in [1.54, 1.807) is 0 Å². The second-order valence-corrected chi connectivity index (χ2v) is 9.81. The van der Waals surface area contributed by atoms with Gasteiger partial charge in [0, 0.05) is 38.0 Å². The predicted molar refractivity (Wildman–Crippen MR) is 128 cm³/mol. The topological polar surface area (TPSA) is 73.8 Å². The molecule has 0 radical (unpaired) electrons. The zero-order chi connectivity index (χ0) is 20.7. The smallest absolute Gasteiger partial charge is 0.191 e. The number of hydrogen-bond acceptors (Lipinski definition) is 4. The van der Waals surface area contributed by atoms with Gasteiger partial charge in [0.05, 0.1) is 12.3 Å². The average molecular weight is 540 g/mol. The van der Waals surface area contributed by atoms with Crippen LogP contribution in [0.4, 0.5) is 4.39 Å². The molecule has 6 nitrogen and oxygen atoms in total. The van der Waals surface area contributed by atoms with Crippen LogP contribution in [0.5, 0.6) is 0 Å². The second kappa shape index (κ2) is 12.0. The molecule has 1 aliphatic carbocycles. The summed E-state index contributed by atoms with van der Waals surface area (Å²) < 4.78 is 36.9. The van der Waals surface area contributed by atoms with Gasteiger partial charge in [-0.2, -0.15) is 0 Å². The Morgan fingerprint density at radius 3 is 2.52 bits per heavy atom. The number of nitrogens with zero attached hydrogens (tertiary/aromatic N) is 2. The third-order valence-corrected chi connectivity index (χ3v) is 5.51. The molecule has 1 saturated carbocycles. The fourth-order valence-corrected chi connectivity index (χ4v) is 4.09. The van der Waals surface area contributed by atoms with E-state index in [1.165, 1.54) is 37.3 Å². The van der Waals surface area contributed by atoms with Crippen molar-refractivity contribution in [3.8, 4) is 0 Å². The monoisotopic (exact) mass is 540 g/mol. The van der Waals surface area contributed by atoms with Gasteiger partial charge >= 0.3 is 0 Å². The first-order valence-corrected chi connectivity index (χ1v) is 12.0. The van der Waals surface area contributed by atoms with E-state index < -0.39 is 15.7 Å². The van der Waals surface area contributed by atoms with Gasteiger partial charge in [-0.15, -0.1) is 24.0 Å². The highest BCUT2D eigenvalue weighted by Gasteiger charge is 2.30. The van der Waals surface area contributed by atoms with Gasteiger partial charge in [0.2, 0.25) is 0 Å². The van der Waals surface area contributed by atoms with Gasteiger partial charge in [-0.05, 0) is 56.9 Å². The zero-order valence-corrected chi connectivity index (χ0v) is 20.9. The molecule has 0 bridgehead atoms.